The third-order valence-corrected chi connectivity index (χ3v) is 2.58. The lowest BCUT2D eigenvalue weighted by molar-refractivity contribution is 0.118. The summed E-state index contributed by atoms with van der Waals surface area (Å²) in [7, 11) is 0. The van der Waals surface area contributed by atoms with Gasteiger partial charge in [-0.2, -0.15) is 0 Å². The van der Waals surface area contributed by atoms with E-state index in [0.717, 1.165) is 6.61 Å². The summed E-state index contributed by atoms with van der Waals surface area (Å²) in [6.45, 7) is 7.03. The molecule has 68 valence electrons. The molecule has 2 unspecified atom stereocenters. The Hall–Kier alpha value is -1.08. The van der Waals surface area contributed by atoms with Crippen molar-refractivity contribution in [3.8, 4) is 0 Å². The fraction of sp³-hybridized carbons (Fsp3) is 0.333. The van der Waals surface area contributed by atoms with E-state index in [0.29, 0.717) is 5.92 Å². The molecule has 0 bridgehead atoms. The van der Waals surface area contributed by atoms with E-state index in [-0.39, 0.29) is 6.10 Å². The third kappa shape index (κ3) is 1.52. The van der Waals surface area contributed by atoms with Crippen LogP contribution in [0.15, 0.2) is 42.5 Å². The molecular weight excluding hydrogens is 160 g/mol. The van der Waals surface area contributed by atoms with Crippen LogP contribution in [0.25, 0.3) is 0 Å². The Balaban J connectivity index is 2.24. The van der Waals surface area contributed by atoms with Crippen LogP contribution in [0.3, 0.4) is 0 Å². The summed E-state index contributed by atoms with van der Waals surface area (Å²) >= 11 is 0. The first-order chi connectivity index (χ1) is 6.29. The van der Waals surface area contributed by atoms with Crippen molar-refractivity contribution >= 4 is 0 Å². The highest BCUT2D eigenvalue weighted by Gasteiger charge is 2.27. The van der Waals surface area contributed by atoms with E-state index in [9.17, 15) is 0 Å². The molecule has 0 saturated carbocycles. The Labute approximate surface area is 79.0 Å². The largest absolute Gasteiger partial charge is 0.369 e. The van der Waals surface area contributed by atoms with E-state index in [1.807, 2.05) is 18.2 Å². The molecule has 1 fully saturated rings. The summed E-state index contributed by atoms with van der Waals surface area (Å²) in [4.78, 5) is 0. The van der Waals surface area contributed by atoms with E-state index >= 15 is 0 Å². The Morgan fingerprint density at radius 2 is 2.00 bits per heavy atom. The summed E-state index contributed by atoms with van der Waals surface area (Å²) in [5.74, 6) is 0.491. The van der Waals surface area contributed by atoms with Crippen LogP contribution < -0.4 is 0 Å². The van der Waals surface area contributed by atoms with E-state index in [4.69, 9.17) is 4.74 Å². The van der Waals surface area contributed by atoms with Gasteiger partial charge in [0.25, 0.3) is 0 Å². The van der Waals surface area contributed by atoms with Crippen LogP contribution in [0, 0.1) is 5.92 Å². The predicted molar refractivity (Wildman–Crippen MR) is 53.4 cm³/mol. The van der Waals surface area contributed by atoms with E-state index in [1.165, 1.54) is 11.1 Å². The molecule has 1 aromatic rings. The third-order valence-electron chi connectivity index (χ3n) is 2.58. The zero-order valence-corrected chi connectivity index (χ0v) is 7.86. The van der Waals surface area contributed by atoms with Gasteiger partial charge in [0.2, 0.25) is 0 Å². The van der Waals surface area contributed by atoms with Crippen LogP contribution in [0.1, 0.15) is 18.6 Å². The molecule has 0 aromatic heterocycles. The van der Waals surface area contributed by atoms with Crippen LogP contribution in [-0.2, 0) is 4.74 Å². The maximum absolute atomic E-state index is 5.66. The lowest BCUT2D eigenvalue weighted by Crippen LogP contribution is -1.97. The first kappa shape index (κ1) is 8.52. The lowest BCUT2D eigenvalue weighted by atomic mass is 9.97. The normalized spacial score (nSPS) is 27.9. The second kappa shape index (κ2) is 3.35. The highest BCUT2D eigenvalue weighted by atomic mass is 16.5. The van der Waals surface area contributed by atoms with Crippen molar-refractivity contribution in [2.45, 2.75) is 13.0 Å². The number of rotatable bonds is 1. The standard InChI is InChI=1S/C12H14O/c1-9-8-13-12(10(9)2)11-6-4-3-5-7-11/h3-7,9,12H,2,8H2,1H3. The zero-order chi connectivity index (χ0) is 9.26. The average Bonchev–Trinajstić information content (AvgIpc) is 2.49. The minimum absolute atomic E-state index is 0.121. The first-order valence-corrected chi connectivity index (χ1v) is 4.64. The molecule has 0 N–H and O–H groups in total. The van der Waals surface area contributed by atoms with E-state index < -0.39 is 0 Å². The first-order valence-electron chi connectivity index (χ1n) is 4.64. The summed E-state index contributed by atoms with van der Waals surface area (Å²) in [6.07, 6.45) is 0.121. The molecule has 0 amide bonds. The summed E-state index contributed by atoms with van der Waals surface area (Å²) in [6, 6.07) is 10.3. The molecule has 0 radical (unpaired) electrons. The molecule has 1 heterocycles. The Morgan fingerprint density at radius 3 is 2.54 bits per heavy atom. The second-order valence-corrected chi connectivity index (χ2v) is 3.60. The molecule has 0 aliphatic carbocycles. The fourth-order valence-corrected chi connectivity index (χ4v) is 1.65. The topological polar surface area (TPSA) is 9.23 Å². The molecule has 1 saturated heterocycles. The zero-order valence-electron chi connectivity index (χ0n) is 7.86. The Bertz CT molecular complexity index is 302. The second-order valence-electron chi connectivity index (χ2n) is 3.60. The molecule has 2 atom stereocenters. The Kier molecular flexibility index (Phi) is 2.19. The van der Waals surface area contributed by atoms with Crippen LogP contribution in [0.5, 0.6) is 0 Å². The van der Waals surface area contributed by atoms with Gasteiger partial charge in [0.1, 0.15) is 6.10 Å². The van der Waals surface area contributed by atoms with Crippen LogP contribution in [0.4, 0.5) is 0 Å². The van der Waals surface area contributed by atoms with Crippen LogP contribution >= 0.6 is 0 Å². The molecule has 1 aromatic carbocycles. The minimum atomic E-state index is 0.121. The maximum Gasteiger partial charge on any atom is 0.104 e. The van der Waals surface area contributed by atoms with Gasteiger partial charge in [-0.25, -0.2) is 0 Å². The number of hydrogen-bond donors (Lipinski definition) is 0. The SMILES string of the molecule is C=C1C(C)COC1c1ccccc1. The van der Waals surface area contributed by atoms with Gasteiger partial charge in [-0.05, 0) is 11.1 Å². The summed E-state index contributed by atoms with van der Waals surface area (Å²) in [5.41, 5.74) is 2.42. The molecular formula is C12H14O. The number of ether oxygens (including phenoxy) is 1. The van der Waals surface area contributed by atoms with Gasteiger partial charge in [0.15, 0.2) is 0 Å². The smallest absolute Gasteiger partial charge is 0.104 e. The molecule has 0 spiro atoms. The van der Waals surface area contributed by atoms with Crippen molar-refractivity contribution in [1.82, 2.24) is 0 Å². The van der Waals surface area contributed by atoms with Gasteiger partial charge in [-0.15, -0.1) is 0 Å². The maximum atomic E-state index is 5.66. The monoisotopic (exact) mass is 174 g/mol. The molecule has 13 heavy (non-hydrogen) atoms. The molecule has 1 heteroatoms. The minimum Gasteiger partial charge on any atom is -0.369 e. The van der Waals surface area contributed by atoms with Gasteiger partial charge in [0.05, 0.1) is 6.61 Å². The van der Waals surface area contributed by atoms with Crippen molar-refractivity contribution < 1.29 is 4.74 Å². The van der Waals surface area contributed by atoms with Crippen molar-refractivity contribution in [3.63, 3.8) is 0 Å². The van der Waals surface area contributed by atoms with Crippen molar-refractivity contribution in [2.75, 3.05) is 6.61 Å². The van der Waals surface area contributed by atoms with Crippen molar-refractivity contribution in [1.29, 1.82) is 0 Å². The highest BCUT2D eigenvalue weighted by molar-refractivity contribution is 5.27. The number of benzene rings is 1. The summed E-state index contributed by atoms with van der Waals surface area (Å²) < 4.78 is 5.66. The van der Waals surface area contributed by atoms with Gasteiger partial charge >= 0.3 is 0 Å². The van der Waals surface area contributed by atoms with Crippen LogP contribution in [0.2, 0.25) is 0 Å². The molecule has 1 aliphatic heterocycles. The van der Waals surface area contributed by atoms with E-state index in [2.05, 4.69) is 25.6 Å². The Morgan fingerprint density at radius 1 is 1.31 bits per heavy atom. The van der Waals surface area contributed by atoms with Gasteiger partial charge in [0, 0.05) is 5.92 Å². The van der Waals surface area contributed by atoms with E-state index in [1.54, 1.807) is 0 Å². The lowest BCUT2D eigenvalue weighted by Gasteiger charge is -2.11. The van der Waals surface area contributed by atoms with Gasteiger partial charge in [-0.3, -0.25) is 0 Å². The van der Waals surface area contributed by atoms with Crippen LogP contribution in [-0.4, -0.2) is 6.61 Å². The molecule has 1 aliphatic rings. The quantitative estimate of drug-likeness (QED) is 0.595. The number of hydrogen-bond acceptors (Lipinski definition) is 1. The van der Waals surface area contributed by atoms with Crippen molar-refractivity contribution in [3.05, 3.63) is 48.0 Å². The summed E-state index contributed by atoms with van der Waals surface area (Å²) in [5, 5.41) is 0. The van der Waals surface area contributed by atoms with Gasteiger partial charge in [-0.1, -0.05) is 43.8 Å². The predicted octanol–water partition coefficient (Wildman–Crippen LogP) is 2.95. The van der Waals surface area contributed by atoms with Crippen molar-refractivity contribution in [2.24, 2.45) is 5.92 Å². The fourth-order valence-electron chi connectivity index (χ4n) is 1.65. The average molecular weight is 174 g/mol. The highest BCUT2D eigenvalue weighted by Crippen LogP contribution is 2.35. The molecule has 1 nitrogen and oxygen atoms in total. The molecule has 2 rings (SSSR count). The van der Waals surface area contributed by atoms with Gasteiger partial charge < -0.3 is 4.74 Å².